The van der Waals surface area contributed by atoms with Gasteiger partial charge in [-0.1, -0.05) is 12.1 Å². The molecule has 2 fully saturated rings. The molecule has 1 aliphatic heterocycles. The van der Waals surface area contributed by atoms with Gasteiger partial charge in [0.15, 0.2) is 5.78 Å². The number of nitrogens with zero attached hydrogens (tertiary/aromatic N) is 2. The third kappa shape index (κ3) is 5.24. The van der Waals surface area contributed by atoms with Crippen molar-refractivity contribution in [3.05, 3.63) is 51.9 Å². The van der Waals surface area contributed by atoms with Crippen molar-refractivity contribution in [2.75, 3.05) is 18.0 Å². The highest BCUT2D eigenvalue weighted by Gasteiger charge is 2.35. The second kappa shape index (κ2) is 8.45. The molecule has 2 aliphatic rings. The number of carbonyl (C=O) groups is 1. The average molecular weight is 437 g/mol. The lowest BCUT2D eigenvalue weighted by molar-refractivity contribution is -0.0328. The lowest BCUT2D eigenvalue weighted by atomic mass is 9.88. The minimum Gasteiger partial charge on any atom is -0.342 e. The molecule has 0 amide bonds. The van der Waals surface area contributed by atoms with Crippen LogP contribution in [0.15, 0.2) is 40.0 Å². The van der Waals surface area contributed by atoms with Crippen molar-refractivity contribution >= 4 is 23.5 Å². The Labute approximate surface area is 176 Å². The van der Waals surface area contributed by atoms with Crippen LogP contribution < -0.4 is 10.5 Å². The third-order valence-corrected chi connectivity index (χ3v) is 6.30. The Balaban J connectivity index is 1.51. The summed E-state index contributed by atoms with van der Waals surface area (Å²) in [5.41, 5.74) is -3.68. The number of alkyl halides is 3. The highest BCUT2D eigenvalue weighted by molar-refractivity contribution is 8.00. The van der Waals surface area contributed by atoms with Crippen molar-refractivity contribution in [1.82, 2.24) is 9.97 Å². The zero-order valence-corrected chi connectivity index (χ0v) is 17.1. The number of hydrogen-bond acceptors (Lipinski definition) is 5. The number of ketones is 1. The van der Waals surface area contributed by atoms with Gasteiger partial charge in [0, 0.05) is 30.5 Å². The molecule has 1 aromatic carbocycles. The van der Waals surface area contributed by atoms with E-state index in [0.717, 1.165) is 44.3 Å². The van der Waals surface area contributed by atoms with Crippen LogP contribution >= 0.6 is 11.8 Å². The van der Waals surface area contributed by atoms with Crippen LogP contribution in [0.5, 0.6) is 0 Å². The van der Waals surface area contributed by atoms with E-state index in [9.17, 15) is 22.8 Å². The summed E-state index contributed by atoms with van der Waals surface area (Å²) >= 11 is -0.149. The van der Waals surface area contributed by atoms with E-state index in [0.29, 0.717) is 11.9 Å². The first-order valence-corrected chi connectivity index (χ1v) is 10.9. The molecule has 0 spiro atoms. The molecule has 0 bridgehead atoms. The van der Waals surface area contributed by atoms with Gasteiger partial charge in [0.1, 0.15) is 5.69 Å². The number of halogens is 3. The van der Waals surface area contributed by atoms with Crippen LogP contribution in [0.1, 0.15) is 54.1 Å². The molecule has 1 saturated heterocycles. The van der Waals surface area contributed by atoms with Crippen LogP contribution in [0.3, 0.4) is 0 Å². The fourth-order valence-corrected chi connectivity index (χ4v) is 4.48. The van der Waals surface area contributed by atoms with Crippen LogP contribution in [0, 0.1) is 5.92 Å². The number of thioether (sulfide) groups is 1. The number of benzene rings is 1. The SMILES string of the molecule is O=C(C[C@@H](c1ccc(SC(F)(F)F)cc1)C1CC1)c1cc(=O)[nH]c(N2CCCC2)n1. The molecular weight excluding hydrogens is 415 g/mol. The van der Waals surface area contributed by atoms with Gasteiger partial charge in [-0.3, -0.25) is 14.6 Å². The number of rotatable bonds is 7. The van der Waals surface area contributed by atoms with E-state index in [-0.39, 0.29) is 46.0 Å². The molecule has 1 saturated carbocycles. The first-order chi connectivity index (χ1) is 14.3. The summed E-state index contributed by atoms with van der Waals surface area (Å²) in [5, 5.41) is 0. The lowest BCUT2D eigenvalue weighted by Crippen LogP contribution is -2.25. The Kier molecular flexibility index (Phi) is 5.90. The Bertz CT molecular complexity index is 965. The number of carbonyl (C=O) groups excluding carboxylic acids is 1. The van der Waals surface area contributed by atoms with E-state index in [2.05, 4.69) is 9.97 Å². The van der Waals surface area contributed by atoms with E-state index in [1.165, 1.54) is 18.2 Å². The van der Waals surface area contributed by atoms with E-state index >= 15 is 0 Å². The standard InChI is InChI=1S/C21H22F3N3O2S/c22-21(23,24)30-15-7-5-14(6-8-15)16(13-3-4-13)11-18(28)17-12-19(29)26-20(25-17)27-9-1-2-10-27/h5-8,12-13,16H,1-4,9-11H2,(H,25,26,29)/t16-/m1/s1. The van der Waals surface area contributed by atoms with Gasteiger partial charge in [-0.15, -0.1) is 0 Å². The summed E-state index contributed by atoms with van der Waals surface area (Å²) in [6.07, 6.45) is 4.20. The molecule has 5 nitrogen and oxygen atoms in total. The minimum atomic E-state index is -4.33. The topological polar surface area (TPSA) is 66.1 Å². The van der Waals surface area contributed by atoms with E-state index in [1.54, 1.807) is 12.1 Å². The number of nitrogens with one attached hydrogen (secondary N) is 1. The normalized spacial score (nSPS) is 17.9. The Morgan fingerprint density at radius 3 is 2.47 bits per heavy atom. The summed E-state index contributed by atoms with van der Waals surface area (Å²) < 4.78 is 37.7. The second-order valence-electron chi connectivity index (χ2n) is 7.84. The number of hydrogen-bond donors (Lipinski definition) is 1. The van der Waals surface area contributed by atoms with Crippen LogP contribution in [0.2, 0.25) is 0 Å². The molecule has 9 heteroatoms. The molecular formula is C21H22F3N3O2S. The summed E-state index contributed by atoms with van der Waals surface area (Å²) in [6.45, 7) is 1.60. The van der Waals surface area contributed by atoms with E-state index in [1.807, 2.05) is 4.90 Å². The molecule has 2 heterocycles. The molecule has 1 aliphatic carbocycles. The maximum absolute atomic E-state index is 12.9. The zero-order valence-electron chi connectivity index (χ0n) is 16.2. The Morgan fingerprint density at radius 1 is 1.20 bits per heavy atom. The molecule has 1 atom stereocenters. The molecule has 0 unspecified atom stereocenters. The molecule has 160 valence electrons. The van der Waals surface area contributed by atoms with E-state index in [4.69, 9.17) is 0 Å². The van der Waals surface area contributed by atoms with Gasteiger partial charge in [0.05, 0.1) is 0 Å². The lowest BCUT2D eigenvalue weighted by Gasteiger charge is -2.18. The quantitative estimate of drug-likeness (QED) is 0.500. The number of aromatic amines is 1. The first kappa shape index (κ1) is 21.0. The molecule has 1 N–H and O–H groups in total. The van der Waals surface area contributed by atoms with Crippen molar-refractivity contribution in [2.45, 2.75) is 48.4 Å². The predicted octanol–water partition coefficient (Wildman–Crippen LogP) is 4.75. The van der Waals surface area contributed by atoms with Gasteiger partial charge < -0.3 is 4.90 Å². The van der Waals surface area contributed by atoms with Gasteiger partial charge in [0.25, 0.3) is 5.56 Å². The second-order valence-corrected chi connectivity index (χ2v) is 8.97. The third-order valence-electron chi connectivity index (χ3n) is 5.56. The molecule has 0 radical (unpaired) electrons. The Hall–Kier alpha value is -2.29. The number of Topliss-reactive ketones (excluding diaryl/α,β-unsaturated/α-hetero) is 1. The monoisotopic (exact) mass is 437 g/mol. The summed E-state index contributed by atoms with van der Waals surface area (Å²) in [6, 6.07) is 7.47. The highest BCUT2D eigenvalue weighted by atomic mass is 32.2. The largest absolute Gasteiger partial charge is 0.446 e. The van der Waals surface area contributed by atoms with Gasteiger partial charge in [-0.05, 0) is 67.0 Å². The first-order valence-electron chi connectivity index (χ1n) is 10.0. The van der Waals surface area contributed by atoms with Crippen molar-refractivity contribution < 1.29 is 18.0 Å². The fraction of sp³-hybridized carbons (Fsp3) is 0.476. The van der Waals surface area contributed by atoms with Crippen LogP contribution in [0.4, 0.5) is 19.1 Å². The molecule has 30 heavy (non-hydrogen) atoms. The maximum atomic E-state index is 12.9. The fourth-order valence-electron chi connectivity index (χ4n) is 3.94. The van der Waals surface area contributed by atoms with Gasteiger partial charge in [0.2, 0.25) is 5.95 Å². The highest BCUT2D eigenvalue weighted by Crippen LogP contribution is 2.45. The Morgan fingerprint density at radius 2 is 1.87 bits per heavy atom. The molecule has 4 rings (SSSR count). The molecule has 1 aromatic heterocycles. The zero-order chi connectivity index (χ0) is 21.3. The summed E-state index contributed by atoms with van der Waals surface area (Å²) in [7, 11) is 0. The van der Waals surface area contributed by atoms with Crippen LogP contribution in [0.25, 0.3) is 0 Å². The van der Waals surface area contributed by atoms with Crippen molar-refractivity contribution in [1.29, 1.82) is 0 Å². The maximum Gasteiger partial charge on any atom is 0.446 e. The summed E-state index contributed by atoms with van der Waals surface area (Å²) in [4.78, 5) is 34.2. The predicted molar refractivity (Wildman–Crippen MR) is 109 cm³/mol. The van der Waals surface area contributed by atoms with Gasteiger partial charge in [-0.25, -0.2) is 4.98 Å². The van der Waals surface area contributed by atoms with Crippen molar-refractivity contribution in [3.8, 4) is 0 Å². The number of aromatic nitrogens is 2. The van der Waals surface area contributed by atoms with Gasteiger partial charge >= 0.3 is 5.51 Å². The molecule has 2 aromatic rings. The average Bonchev–Trinajstić information content (AvgIpc) is 3.37. The van der Waals surface area contributed by atoms with Crippen molar-refractivity contribution in [3.63, 3.8) is 0 Å². The van der Waals surface area contributed by atoms with Crippen LogP contribution in [-0.2, 0) is 0 Å². The van der Waals surface area contributed by atoms with Gasteiger partial charge in [-0.2, -0.15) is 13.2 Å². The van der Waals surface area contributed by atoms with Crippen molar-refractivity contribution in [2.24, 2.45) is 5.92 Å². The number of H-pyrrole nitrogens is 1. The van der Waals surface area contributed by atoms with Crippen LogP contribution in [-0.4, -0.2) is 34.3 Å². The number of anilines is 1. The smallest absolute Gasteiger partial charge is 0.342 e. The van der Waals surface area contributed by atoms with E-state index < -0.39 is 5.51 Å². The minimum absolute atomic E-state index is 0.0845. The summed E-state index contributed by atoms with van der Waals surface area (Å²) in [5.74, 6) is 0.459.